The van der Waals surface area contributed by atoms with E-state index in [1.54, 1.807) is 0 Å². The molecule has 1 aliphatic rings. The van der Waals surface area contributed by atoms with Gasteiger partial charge in [-0.25, -0.2) is 4.98 Å². The fourth-order valence-corrected chi connectivity index (χ4v) is 3.02. The second-order valence-corrected chi connectivity index (χ2v) is 5.64. The fraction of sp³-hybridized carbons (Fsp3) is 0.400. The van der Waals surface area contributed by atoms with Crippen molar-refractivity contribution in [2.45, 2.75) is 31.7 Å². The summed E-state index contributed by atoms with van der Waals surface area (Å²) < 4.78 is 1.89. The predicted molar refractivity (Wildman–Crippen MR) is 80.1 cm³/mol. The van der Waals surface area contributed by atoms with E-state index in [1.807, 2.05) is 29.7 Å². The quantitative estimate of drug-likeness (QED) is 0.632. The largest absolute Gasteiger partial charge is 0.314 e. The maximum absolute atomic E-state index is 12.4. The van der Waals surface area contributed by atoms with Gasteiger partial charge >= 0.3 is 0 Å². The van der Waals surface area contributed by atoms with Crippen molar-refractivity contribution in [2.24, 2.45) is 0 Å². The van der Waals surface area contributed by atoms with Crippen molar-refractivity contribution in [1.82, 2.24) is 14.5 Å². The molecule has 0 radical (unpaired) electrons. The third-order valence-corrected chi connectivity index (χ3v) is 4.21. The van der Waals surface area contributed by atoms with Crippen molar-refractivity contribution < 1.29 is 9.59 Å². The predicted octanol–water partition coefficient (Wildman–Crippen LogP) is 2.40. The lowest BCUT2D eigenvalue weighted by atomic mass is 10.0. The molecule has 3 rings (SSSR count). The standard InChI is InChI=1S/C15H16ClN3O2/c1-9-3-4-10-12(7-9)19(13(8-16)17-10)11-5-6-14(20)18(2)15(11)21/h3-4,7,11H,5-6,8H2,1-2H3. The summed E-state index contributed by atoms with van der Waals surface area (Å²) in [5, 5.41) is 0. The van der Waals surface area contributed by atoms with Gasteiger partial charge in [-0.2, -0.15) is 0 Å². The molecule has 0 spiro atoms. The van der Waals surface area contributed by atoms with Crippen LogP contribution in [0, 0.1) is 6.92 Å². The van der Waals surface area contributed by atoms with Gasteiger partial charge in [-0.05, 0) is 31.0 Å². The highest BCUT2D eigenvalue weighted by Gasteiger charge is 2.34. The number of rotatable bonds is 2. The van der Waals surface area contributed by atoms with Gasteiger partial charge in [-0.1, -0.05) is 6.07 Å². The first-order chi connectivity index (χ1) is 10.0. The van der Waals surface area contributed by atoms with Crippen LogP contribution in [0.2, 0.25) is 0 Å². The molecule has 1 aromatic heterocycles. The molecule has 2 amide bonds. The highest BCUT2D eigenvalue weighted by atomic mass is 35.5. The number of hydrogen-bond acceptors (Lipinski definition) is 3. The first kappa shape index (κ1) is 14.1. The van der Waals surface area contributed by atoms with E-state index in [2.05, 4.69) is 4.98 Å². The summed E-state index contributed by atoms with van der Waals surface area (Å²) in [5.41, 5.74) is 2.81. The van der Waals surface area contributed by atoms with Crippen LogP contribution in [-0.4, -0.2) is 33.3 Å². The van der Waals surface area contributed by atoms with Crippen molar-refractivity contribution >= 4 is 34.4 Å². The van der Waals surface area contributed by atoms with Crippen LogP contribution in [0.25, 0.3) is 11.0 Å². The van der Waals surface area contributed by atoms with E-state index in [0.717, 1.165) is 16.6 Å². The first-order valence-electron chi connectivity index (χ1n) is 6.86. The molecule has 0 bridgehead atoms. The lowest BCUT2D eigenvalue weighted by molar-refractivity contribution is -0.149. The van der Waals surface area contributed by atoms with E-state index in [-0.39, 0.29) is 17.7 Å². The third kappa shape index (κ3) is 2.21. The summed E-state index contributed by atoms with van der Waals surface area (Å²) >= 11 is 6.00. The Hall–Kier alpha value is -1.88. The Kier molecular flexibility index (Phi) is 3.45. The molecule has 1 aromatic carbocycles. The molecule has 2 aromatic rings. The number of carbonyl (C=O) groups is 2. The number of likely N-dealkylation sites (N-methyl/N-ethyl adjacent to an activating group) is 1. The van der Waals surface area contributed by atoms with Gasteiger partial charge in [0.1, 0.15) is 11.9 Å². The van der Waals surface area contributed by atoms with Crippen LogP contribution in [0.4, 0.5) is 0 Å². The molecule has 1 fully saturated rings. The smallest absolute Gasteiger partial charge is 0.252 e. The number of amides is 2. The van der Waals surface area contributed by atoms with Crippen molar-refractivity contribution in [3.8, 4) is 0 Å². The topological polar surface area (TPSA) is 55.2 Å². The molecule has 1 atom stereocenters. The van der Waals surface area contributed by atoms with Gasteiger partial charge in [0.15, 0.2) is 0 Å². The van der Waals surface area contributed by atoms with Crippen LogP contribution in [0.15, 0.2) is 18.2 Å². The Bertz CT molecular complexity index is 738. The Morgan fingerprint density at radius 1 is 1.38 bits per heavy atom. The number of piperidine rings is 1. The number of likely N-dealkylation sites (tertiary alicyclic amines) is 1. The highest BCUT2D eigenvalue weighted by Crippen LogP contribution is 2.30. The van der Waals surface area contributed by atoms with E-state index in [1.165, 1.54) is 11.9 Å². The van der Waals surface area contributed by atoms with Gasteiger partial charge in [0, 0.05) is 13.5 Å². The number of hydrogen-bond donors (Lipinski definition) is 0. The number of alkyl halides is 1. The fourth-order valence-electron chi connectivity index (χ4n) is 2.83. The zero-order valence-corrected chi connectivity index (χ0v) is 12.7. The van der Waals surface area contributed by atoms with Gasteiger partial charge < -0.3 is 4.57 Å². The van der Waals surface area contributed by atoms with Crippen LogP contribution in [0.5, 0.6) is 0 Å². The summed E-state index contributed by atoms with van der Waals surface area (Å²) in [7, 11) is 1.53. The van der Waals surface area contributed by atoms with Crippen molar-refractivity contribution in [3.63, 3.8) is 0 Å². The van der Waals surface area contributed by atoms with E-state index < -0.39 is 6.04 Å². The number of imidazole rings is 1. The molecular weight excluding hydrogens is 290 g/mol. The molecular formula is C15H16ClN3O2. The normalized spacial score (nSPS) is 19.6. The highest BCUT2D eigenvalue weighted by molar-refractivity contribution is 6.17. The van der Waals surface area contributed by atoms with Crippen LogP contribution in [0.1, 0.15) is 30.3 Å². The zero-order chi connectivity index (χ0) is 15.1. The van der Waals surface area contributed by atoms with Gasteiger partial charge in [0.25, 0.3) is 5.91 Å². The molecule has 5 nitrogen and oxygen atoms in total. The Morgan fingerprint density at radius 2 is 2.14 bits per heavy atom. The van der Waals surface area contributed by atoms with Crippen LogP contribution < -0.4 is 0 Å². The summed E-state index contributed by atoms with van der Waals surface area (Å²) in [6.07, 6.45) is 0.853. The van der Waals surface area contributed by atoms with Crippen molar-refractivity contribution in [1.29, 1.82) is 0 Å². The SMILES string of the molecule is Cc1ccc2nc(CCl)n(C3CCC(=O)N(C)C3=O)c2c1. The average molecular weight is 306 g/mol. The first-order valence-corrected chi connectivity index (χ1v) is 7.40. The minimum Gasteiger partial charge on any atom is -0.314 e. The number of imide groups is 1. The monoisotopic (exact) mass is 305 g/mol. The molecule has 2 heterocycles. The Labute approximate surface area is 127 Å². The molecule has 110 valence electrons. The summed E-state index contributed by atoms with van der Waals surface area (Å²) in [4.78, 5) is 29.8. The van der Waals surface area contributed by atoms with Crippen LogP contribution in [-0.2, 0) is 15.5 Å². The van der Waals surface area contributed by atoms with Crippen molar-refractivity contribution in [3.05, 3.63) is 29.6 Å². The minimum absolute atomic E-state index is 0.135. The molecule has 1 aliphatic heterocycles. The summed E-state index contributed by atoms with van der Waals surface area (Å²) in [5.74, 6) is 0.566. The van der Waals surface area contributed by atoms with Crippen molar-refractivity contribution in [2.75, 3.05) is 7.05 Å². The second kappa shape index (κ2) is 5.15. The van der Waals surface area contributed by atoms with Gasteiger partial charge in [-0.15, -0.1) is 11.6 Å². The Morgan fingerprint density at radius 3 is 2.86 bits per heavy atom. The molecule has 0 aliphatic carbocycles. The van der Waals surface area contributed by atoms with E-state index in [0.29, 0.717) is 18.7 Å². The zero-order valence-electron chi connectivity index (χ0n) is 12.0. The number of halogens is 1. The molecule has 0 saturated carbocycles. The number of aryl methyl sites for hydroxylation is 1. The molecule has 21 heavy (non-hydrogen) atoms. The number of aromatic nitrogens is 2. The average Bonchev–Trinajstić information content (AvgIpc) is 2.83. The molecule has 0 N–H and O–H groups in total. The molecule has 1 unspecified atom stereocenters. The summed E-state index contributed by atoms with van der Waals surface area (Å²) in [6.45, 7) is 2.00. The van der Waals surface area contributed by atoms with Crippen LogP contribution >= 0.6 is 11.6 Å². The van der Waals surface area contributed by atoms with E-state index in [9.17, 15) is 9.59 Å². The minimum atomic E-state index is -0.409. The number of fused-ring (bicyclic) bond motifs is 1. The Balaban J connectivity index is 2.16. The number of nitrogens with zero attached hydrogens (tertiary/aromatic N) is 3. The van der Waals surface area contributed by atoms with Crippen LogP contribution in [0.3, 0.4) is 0 Å². The van der Waals surface area contributed by atoms with Gasteiger partial charge in [-0.3, -0.25) is 14.5 Å². The van der Waals surface area contributed by atoms with E-state index in [4.69, 9.17) is 11.6 Å². The molecule has 6 heteroatoms. The van der Waals surface area contributed by atoms with Gasteiger partial charge in [0.2, 0.25) is 5.91 Å². The maximum atomic E-state index is 12.4. The van der Waals surface area contributed by atoms with E-state index >= 15 is 0 Å². The maximum Gasteiger partial charge on any atom is 0.252 e. The summed E-state index contributed by atoms with van der Waals surface area (Å²) in [6, 6.07) is 5.51. The second-order valence-electron chi connectivity index (χ2n) is 5.37. The lowest BCUT2D eigenvalue weighted by Gasteiger charge is -2.29. The molecule has 1 saturated heterocycles. The third-order valence-electron chi connectivity index (χ3n) is 3.97. The lowest BCUT2D eigenvalue weighted by Crippen LogP contribution is -2.43. The number of benzene rings is 1. The van der Waals surface area contributed by atoms with Gasteiger partial charge in [0.05, 0.1) is 16.9 Å². The number of carbonyl (C=O) groups excluding carboxylic acids is 2.